The molecule has 108 valence electrons. The Kier molecular flexibility index (Phi) is 4.16. The van der Waals surface area contributed by atoms with E-state index in [2.05, 4.69) is 12.2 Å². The Bertz CT molecular complexity index is 352. The second-order valence-electron chi connectivity index (χ2n) is 6.64. The van der Waals surface area contributed by atoms with Crippen LogP contribution in [-0.2, 0) is 9.59 Å². The topological polar surface area (TPSA) is 66.4 Å². The molecule has 4 heteroatoms. The lowest BCUT2D eigenvalue weighted by molar-refractivity contribution is -0.154. The Morgan fingerprint density at radius 3 is 2.05 bits per heavy atom. The Hall–Kier alpha value is -1.06. The van der Waals surface area contributed by atoms with Crippen LogP contribution < -0.4 is 5.32 Å². The molecular weight excluding hydrogens is 242 g/mol. The molecule has 0 aliphatic heterocycles. The van der Waals surface area contributed by atoms with E-state index < -0.39 is 11.4 Å². The van der Waals surface area contributed by atoms with E-state index in [0.717, 1.165) is 44.9 Å². The van der Waals surface area contributed by atoms with Gasteiger partial charge in [0.2, 0.25) is 5.91 Å². The number of carboxylic acid groups (broad SMARTS) is 1. The average molecular weight is 267 g/mol. The second kappa shape index (κ2) is 5.51. The maximum Gasteiger partial charge on any atom is 0.310 e. The molecule has 2 rings (SSSR count). The van der Waals surface area contributed by atoms with E-state index in [9.17, 15) is 14.7 Å². The standard InChI is InChI=1S/C15H25NO3/c1-14(7-5-6-8-14)16-12(17)11-15(13(18)19)9-3-2-4-10-15/h2-11H2,1H3,(H,16,17)(H,18,19). The summed E-state index contributed by atoms with van der Waals surface area (Å²) in [6.45, 7) is 2.08. The summed E-state index contributed by atoms with van der Waals surface area (Å²) in [5.41, 5.74) is -0.914. The lowest BCUT2D eigenvalue weighted by Gasteiger charge is -2.34. The van der Waals surface area contributed by atoms with Crippen molar-refractivity contribution in [1.82, 2.24) is 5.32 Å². The third-order valence-electron chi connectivity index (χ3n) is 4.91. The molecule has 2 aliphatic rings. The zero-order valence-electron chi connectivity index (χ0n) is 11.8. The number of hydrogen-bond donors (Lipinski definition) is 2. The van der Waals surface area contributed by atoms with Crippen LogP contribution in [0.25, 0.3) is 0 Å². The maximum atomic E-state index is 12.2. The van der Waals surface area contributed by atoms with Crippen LogP contribution in [0.1, 0.15) is 71.1 Å². The maximum absolute atomic E-state index is 12.2. The second-order valence-corrected chi connectivity index (χ2v) is 6.64. The molecule has 2 N–H and O–H groups in total. The Balaban J connectivity index is 1.97. The Morgan fingerprint density at radius 2 is 1.53 bits per heavy atom. The molecule has 2 saturated carbocycles. The van der Waals surface area contributed by atoms with E-state index in [1.807, 2.05) is 0 Å². The summed E-state index contributed by atoms with van der Waals surface area (Å²) in [6.07, 6.45) is 8.72. The highest BCUT2D eigenvalue weighted by Gasteiger charge is 2.42. The van der Waals surface area contributed by atoms with E-state index >= 15 is 0 Å². The molecule has 0 atom stereocenters. The molecule has 0 aromatic carbocycles. The van der Waals surface area contributed by atoms with E-state index in [1.165, 1.54) is 0 Å². The smallest absolute Gasteiger partial charge is 0.310 e. The van der Waals surface area contributed by atoms with Gasteiger partial charge in [-0.15, -0.1) is 0 Å². The first-order valence-electron chi connectivity index (χ1n) is 7.50. The third kappa shape index (κ3) is 3.28. The monoisotopic (exact) mass is 267 g/mol. The van der Waals surface area contributed by atoms with Crippen LogP contribution >= 0.6 is 0 Å². The largest absolute Gasteiger partial charge is 0.481 e. The summed E-state index contributed by atoms with van der Waals surface area (Å²) in [6, 6.07) is 0. The number of carbonyl (C=O) groups is 2. The number of aliphatic carboxylic acids is 1. The molecule has 2 fully saturated rings. The fourth-order valence-corrected chi connectivity index (χ4v) is 3.66. The van der Waals surface area contributed by atoms with Gasteiger partial charge in [-0.05, 0) is 32.6 Å². The first-order chi connectivity index (χ1) is 8.96. The summed E-state index contributed by atoms with van der Waals surface area (Å²) >= 11 is 0. The fraction of sp³-hybridized carbons (Fsp3) is 0.867. The molecule has 0 radical (unpaired) electrons. The SMILES string of the molecule is CC1(NC(=O)CC2(C(=O)O)CCCCC2)CCCC1. The van der Waals surface area contributed by atoms with Gasteiger partial charge in [0.05, 0.1) is 5.41 Å². The van der Waals surface area contributed by atoms with Crippen molar-refractivity contribution in [3.8, 4) is 0 Å². The van der Waals surface area contributed by atoms with Crippen LogP contribution in [0.4, 0.5) is 0 Å². The number of rotatable bonds is 4. The molecule has 0 saturated heterocycles. The Labute approximate surface area is 115 Å². The molecule has 0 bridgehead atoms. The van der Waals surface area contributed by atoms with Gasteiger partial charge in [-0.2, -0.15) is 0 Å². The molecule has 1 amide bonds. The van der Waals surface area contributed by atoms with E-state index in [4.69, 9.17) is 0 Å². The zero-order chi connectivity index (χ0) is 13.9. The van der Waals surface area contributed by atoms with Gasteiger partial charge >= 0.3 is 5.97 Å². The number of nitrogens with one attached hydrogen (secondary N) is 1. The van der Waals surface area contributed by atoms with Crippen molar-refractivity contribution in [3.05, 3.63) is 0 Å². The van der Waals surface area contributed by atoms with Gasteiger partial charge in [0, 0.05) is 12.0 Å². The zero-order valence-corrected chi connectivity index (χ0v) is 11.8. The number of carbonyl (C=O) groups excluding carboxylic acids is 1. The normalized spacial score (nSPS) is 24.9. The van der Waals surface area contributed by atoms with E-state index in [0.29, 0.717) is 12.8 Å². The highest BCUT2D eigenvalue weighted by Crippen LogP contribution is 2.40. The number of hydrogen-bond acceptors (Lipinski definition) is 2. The Morgan fingerprint density at radius 1 is 1.00 bits per heavy atom. The summed E-state index contributed by atoms with van der Waals surface area (Å²) in [7, 11) is 0. The van der Waals surface area contributed by atoms with Crippen LogP contribution in [-0.4, -0.2) is 22.5 Å². The molecule has 0 unspecified atom stereocenters. The fourth-order valence-electron chi connectivity index (χ4n) is 3.66. The first-order valence-corrected chi connectivity index (χ1v) is 7.50. The molecule has 0 spiro atoms. The lowest BCUT2D eigenvalue weighted by atomic mass is 9.71. The van der Waals surface area contributed by atoms with Crippen LogP contribution in [0, 0.1) is 5.41 Å². The summed E-state index contributed by atoms with van der Waals surface area (Å²) in [5, 5.41) is 12.6. The van der Waals surface area contributed by atoms with Crippen LogP contribution in [0.5, 0.6) is 0 Å². The predicted molar refractivity (Wildman–Crippen MR) is 72.8 cm³/mol. The first kappa shape index (κ1) is 14.4. The van der Waals surface area contributed by atoms with Gasteiger partial charge < -0.3 is 10.4 Å². The summed E-state index contributed by atoms with van der Waals surface area (Å²) in [5.74, 6) is -0.868. The van der Waals surface area contributed by atoms with Gasteiger partial charge in [0.1, 0.15) is 0 Å². The van der Waals surface area contributed by atoms with Gasteiger partial charge in [0.15, 0.2) is 0 Å². The molecular formula is C15H25NO3. The van der Waals surface area contributed by atoms with Crippen molar-refractivity contribution < 1.29 is 14.7 Å². The summed E-state index contributed by atoms with van der Waals surface area (Å²) < 4.78 is 0. The van der Waals surface area contributed by atoms with Crippen LogP contribution in [0.2, 0.25) is 0 Å². The van der Waals surface area contributed by atoms with Gasteiger partial charge in [-0.25, -0.2) is 0 Å². The average Bonchev–Trinajstić information content (AvgIpc) is 2.76. The highest BCUT2D eigenvalue weighted by molar-refractivity contribution is 5.85. The lowest BCUT2D eigenvalue weighted by Crippen LogP contribution is -2.47. The molecule has 0 aromatic rings. The predicted octanol–water partition coefficient (Wildman–Crippen LogP) is 2.86. The highest BCUT2D eigenvalue weighted by atomic mass is 16.4. The molecule has 19 heavy (non-hydrogen) atoms. The molecule has 2 aliphatic carbocycles. The van der Waals surface area contributed by atoms with Gasteiger partial charge in [0.25, 0.3) is 0 Å². The van der Waals surface area contributed by atoms with Crippen molar-refractivity contribution >= 4 is 11.9 Å². The van der Waals surface area contributed by atoms with Gasteiger partial charge in [-0.3, -0.25) is 9.59 Å². The van der Waals surface area contributed by atoms with Crippen molar-refractivity contribution in [2.75, 3.05) is 0 Å². The van der Waals surface area contributed by atoms with Crippen molar-refractivity contribution in [2.24, 2.45) is 5.41 Å². The van der Waals surface area contributed by atoms with E-state index in [1.54, 1.807) is 0 Å². The molecule has 4 nitrogen and oxygen atoms in total. The number of carboxylic acids is 1. The molecule has 0 heterocycles. The van der Waals surface area contributed by atoms with Crippen LogP contribution in [0.15, 0.2) is 0 Å². The minimum absolute atomic E-state index is 0.0753. The number of amides is 1. The van der Waals surface area contributed by atoms with Crippen molar-refractivity contribution in [1.29, 1.82) is 0 Å². The van der Waals surface area contributed by atoms with Crippen LogP contribution in [0.3, 0.4) is 0 Å². The quantitative estimate of drug-likeness (QED) is 0.823. The third-order valence-corrected chi connectivity index (χ3v) is 4.91. The minimum atomic E-state index is -0.808. The van der Waals surface area contributed by atoms with E-state index in [-0.39, 0.29) is 17.9 Å². The minimum Gasteiger partial charge on any atom is -0.481 e. The summed E-state index contributed by atoms with van der Waals surface area (Å²) in [4.78, 5) is 23.8. The van der Waals surface area contributed by atoms with Crippen molar-refractivity contribution in [2.45, 2.75) is 76.7 Å². The van der Waals surface area contributed by atoms with Gasteiger partial charge in [-0.1, -0.05) is 32.1 Å². The molecule has 0 aromatic heterocycles. The van der Waals surface area contributed by atoms with Crippen molar-refractivity contribution in [3.63, 3.8) is 0 Å².